The zero-order valence-electron chi connectivity index (χ0n) is 15.3. The third-order valence-corrected chi connectivity index (χ3v) is 4.72. The Balaban J connectivity index is 2.17. The first-order valence-corrected chi connectivity index (χ1v) is 8.68. The van der Waals surface area contributed by atoms with Gasteiger partial charge in [0, 0.05) is 17.2 Å². The van der Waals surface area contributed by atoms with Gasteiger partial charge in [-0.25, -0.2) is 0 Å². The summed E-state index contributed by atoms with van der Waals surface area (Å²) in [5.41, 5.74) is 2.22. The molecular formula is C19H21Cl2NO4. The average Bonchev–Trinajstić information content (AvgIpc) is 2.60. The molecule has 0 fully saturated rings. The number of carbonyl (C=O) groups excluding carboxylic acids is 1. The summed E-state index contributed by atoms with van der Waals surface area (Å²) in [5, 5.41) is 3.85. The van der Waals surface area contributed by atoms with Crippen molar-refractivity contribution in [3.05, 3.63) is 45.4 Å². The highest BCUT2D eigenvalue weighted by Crippen LogP contribution is 2.36. The van der Waals surface area contributed by atoms with Gasteiger partial charge >= 0.3 is 0 Å². The molecule has 0 spiro atoms. The van der Waals surface area contributed by atoms with Crippen molar-refractivity contribution in [1.29, 1.82) is 0 Å². The summed E-state index contributed by atoms with van der Waals surface area (Å²) in [6.07, 6.45) is -0.735. The van der Waals surface area contributed by atoms with Crippen LogP contribution < -0.4 is 19.5 Å². The van der Waals surface area contributed by atoms with E-state index in [4.69, 9.17) is 37.4 Å². The molecule has 26 heavy (non-hydrogen) atoms. The first-order chi connectivity index (χ1) is 12.3. The van der Waals surface area contributed by atoms with Crippen LogP contribution in [0.2, 0.25) is 10.0 Å². The fraction of sp³-hybridized carbons (Fsp3) is 0.316. The molecule has 1 atom stereocenters. The van der Waals surface area contributed by atoms with E-state index in [1.165, 1.54) is 14.2 Å². The fourth-order valence-corrected chi connectivity index (χ4v) is 2.76. The molecule has 0 aliphatic carbocycles. The molecule has 0 saturated carbocycles. The Morgan fingerprint density at radius 2 is 1.58 bits per heavy atom. The molecular weight excluding hydrogens is 377 g/mol. The maximum absolute atomic E-state index is 12.5. The van der Waals surface area contributed by atoms with Crippen LogP contribution in [0, 0.1) is 13.8 Å². The SMILES string of the molecule is COc1cc(NC(=O)C(C)Oc2cc(C)c(Cl)c(C)c2)c(OC)cc1Cl. The third-order valence-electron chi connectivity index (χ3n) is 3.82. The maximum atomic E-state index is 12.5. The molecule has 2 rings (SSSR count). The van der Waals surface area contributed by atoms with Crippen LogP contribution in [0.5, 0.6) is 17.2 Å². The van der Waals surface area contributed by atoms with Crippen LogP contribution in [-0.4, -0.2) is 26.2 Å². The average molecular weight is 398 g/mol. The number of hydrogen-bond acceptors (Lipinski definition) is 4. The van der Waals surface area contributed by atoms with Gasteiger partial charge < -0.3 is 19.5 Å². The summed E-state index contributed by atoms with van der Waals surface area (Å²) in [6.45, 7) is 5.43. The lowest BCUT2D eigenvalue weighted by Crippen LogP contribution is -2.30. The summed E-state index contributed by atoms with van der Waals surface area (Å²) in [7, 11) is 2.99. The standard InChI is InChI=1S/C19H21Cl2NO4/c1-10-6-13(7-11(2)18(10)21)26-12(3)19(23)22-15-9-16(24-4)14(20)8-17(15)25-5/h6-9,12H,1-5H3,(H,22,23). The number of aryl methyl sites for hydroxylation is 2. The highest BCUT2D eigenvalue weighted by Gasteiger charge is 2.19. The third kappa shape index (κ3) is 4.54. The summed E-state index contributed by atoms with van der Waals surface area (Å²) < 4.78 is 16.2. The lowest BCUT2D eigenvalue weighted by Gasteiger charge is -2.18. The van der Waals surface area contributed by atoms with Gasteiger partial charge in [-0.2, -0.15) is 0 Å². The summed E-state index contributed by atoms with van der Waals surface area (Å²) in [5.74, 6) is 1.10. The van der Waals surface area contributed by atoms with Gasteiger partial charge in [0.2, 0.25) is 0 Å². The first kappa shape index (κ1) is 20.2. The van der Waals surface area contributed by atoms with Crippen LogP contribution in [-0.2, 0) is 4.79 Å². The largest absolute Gasteiger partial charge is 0.495 e. The van der Waals surface area contributed by atoms with Gasteiger partial charge in [0.05, 0.1) is 24.9 Å². The summed E-state index contributed by atoms with van der Waals surface area (Å²) in [4.78, 5) is 12.5. The van der Waals surface area contributed by atoms with E-state index in [1.54, 1.807) is 31.2 Å². The Bertz CT molecular complexity index is 800. The van der Waals surface area contributed by atoms with E-state index in [-0.39, 0.29) is 5.91 Å². The minimum atomic E-state index is -0.735. The second-order valence-electron chi connectivity index (χ2n) is 5.81. The Labute approximate surface area is 163 Å². The number of rotatable bonds is 6. The number of amides is 1. The van der Waals surface area contributed by atoms with Gasteiger partial charge in [0.1, 0.15) is 17.2 Å². The number of halogens is 2. The summed E-state index contributed by atoms with van der Waals surface area (Å²) >= 11 is 12.2. The number of methoxy groups -OCH3 is 2. The molecule has 140 valence electrons. The van der Waals surface area contributed by atoms with Crippen LogP contribution in [0.15, 0.2) is 24.3 Å². The molecule has 0 aliphatic rings. The van der Waals surface area contributed by atoms with Crippen molar-refractivity contribution in [3.8, 4) is 17.2 Å². The molecule has 0 aliphatic heterocycles. The fourth-order valence-electron chi connectivity index (χ4n) is 2.42. The van der Waals surface area contributed by atoms with Gasteiger partial charge in [0.25, 0.3) is 5.91 Å². The second-order valence-corrected chi connectivity index (χ2v) is 6.59. The number of ether oxygens (including phenoxy) is 3. The Hall–Kier alpha value is -2.11. The highest BCUT2D eigenvalue weighted by atomic mass is 35.5. The van der Waals surface area contributed by atoms with E-state index in [2.05, 4.69) is 5.32 Å². The van der Waals surface area contributed by atoms with Crippen LogP contribution in [0.1, 0.15) is 18.1 Å². The topological polar surface area (TPSA) is 56.8 Å². The molecule has 0 bridgehead atoms. The van der Waals surface area contributed by atoms with Crippen molar-refractivity contribution in [3.63, 3.8) is 0 Å². The van der Waals surface area contributed by atoms with Gasteiger partial charge in [0.15, 0.2) is 6.10 Å². The minimum absolute atomic E-state index is 0.335. The highest BCUT2D eigenvalue weighted by molar-refractivity contribution is 6.32. The number of carbonyl (C=O) groups is 1. The summed E-state index contributed by atoms with van der Waals surface area (Å²) in [6, 6.07) is 6.77. The molecule has 0 saturated heterocycles. The van der Waals surface area contributed by atoms with E-state index < -0.39 is 6.10 Å². The normalized spacial score (nSPS) is 11.7. The van der Waals surface area contributed by atoms with Crippen molar-refractivity contribution < 1.29 is 19.0 Å². The van der Waals surface area contributed by atoms with Crippen molar-refractivity contribution in [2.75, 3.05) is 19.5 Å². The Morgan fingerprint density at radius 1 is 1.00 bits per heavy atom. The van der Waals surface area contributed by atoms with Crippen molar-refractivity contribution >= 4 is 34.8 Å². The zero-order valence-corrected chi connectivity index (χ0v) is 16.8. The molecule has 7 heteroatoms. The maximum Gasteiger partial charge on any atom is 0.265 e. The Morgan fingerprint density at radius 3 is 2.12 bits per heavy atom. The predicted octanol–water partition coefficient (Wildman–Crippen LogP) is 5.03. The van der Waals surface area contributed by atoms with E-state index in [0.717, 1.165) is 11.1 Å². The quantitative estimate of drug-likeness (QED) is 0.741. The van der Waals surface area contributed by atoms with Gasteiger partial charge in [-0.05, 0) is 44.0 Å². The zero-order chi connectivity index (χ0) is 19.4. The van der Waals surface area contributed by atoms with E-state index >= 15 is 0 Å². The van der Waals surface area contributed by atoms with Gasteiger partial charge in [-0.3, -0.25) is 4.79 Å². The van der Waals surface area contributed by atoms with Crippen LogP contribution in [0.4, 0.5) is 5.69 Å². The van der Waals surface area contributed by atoms with Crippen molar-refractivity contribution in [2.45, 2.75) is 26.9 Å². The molecule has 5 nitrogen and oxygen atoms in total. The molecule has 0 radical (unpaired) electrons. The number of nitrogens with one attached hydrogen (secondary N) is 1. The molecule has 1 N–H and O–H groups in total. The molecule has 0 heterocycles. The first-order valence-electron chi connectivity index (χ1n) is 7.92. The van der Waals surface area contributed by atoms with Crippen molar-refractivity contribution in [2.24, 2.45) is 0 Å². The van der Waals surface area contributed by atoms with Crippen LogP contribution in [0.25, 0.3) is 0 Å². The molecule has 2 aromatic rings. The molecule has 1 unspecified atom stereocenters. The second kappa shape index (κ2) is 8.52. The van der Waals surface area contributed by atoms with Crippen molar-refractivity contribution in [1.82, 2.24) is 0 Å². The van der Waals surface area contributed by atoms with E-state index in [9.17, 15) is 4.79 Å². The Kier molecular flexibility index (Phi) is 6.62. The number of benzene rings is 2. The lowest BCUT2D eigenvalue weighted by molar-refractivity contribution is -0.122. The van der Waals surface area contributed by atoms with Gasteiger partial charge in [-0.1, -0.05) is 23.2 Å². The monoisotopic (exact) mass is 397 g/mol. The van der Waals surface area contributed by atoms with Gasteiger partial charge in [-0.15, -0.1) is 0 Å². The lowest BCUT2D eigenvalue weighted by atomic mass is 10.1. The predicted molar refractivity (Wildman–Crippen MR) is 104 cm³/mol. The van der Waals surface area contributed by atoms with Crippen LogP contribution in [0.3, 0.4) is 0 Å². The van der Waals surface area contributed by atoms with E-state index in [0.29, 0.717) is 33.0 Å². The molecule has 2 aromatic carbocycles. The minimum Gasteiger partial charge on any atom is -0.495 e. The smallest absolute Gasteiger partial charge is 0.265 e. The van der Waals surface area contributed by atoms with Crippen LogP contribution >= 0.6 is 23.2 Å². The molecule has 1 amide bonds. The van der Waals surface area contributed by atoms with E-state index in [1.807, 2.05) is 13.8 Å². The number of hydrogen-bond donors (Lipinski definition) is 1. The number of anilines is 1. The molecule has 0 aromatic heterocycles.